The van der Waals surface area contributed by atoms with E-state index in [1.54, 1.807) is 24.3 Å². The highest BCUT2D eigenvalue weighted by atomic mass is 16.4. The molecule has 1 heterocycles. The number of carboxylic acid groups (broad SMARTS) is 1. The Kier molecular flexibility index (Phi) is 2.13. The quantitative estimate of drug-likeness (QED) is 0.717. The molecular weight excluding hydrogens is 194 g/mol. The van der Waals surface area contributed by atoms with Crippen molar-refractivity contribution < 1.29 is 9.90 Å². The smallest absolute Gasteiger partial charge is 0.338 e. The highest BCUT2D eigenvalue weighted by Crippen LogP contribution is 2.10. The van der Waals surface area contributed by atoms with E-state index in [0.717, 1.165) is 5.69 Å². The van der Waals surface area contributed by atoms with Crippen molar-refractivity contribution in [3.05, 3.63) is 42.2 Å². The van der Waals surface area contributed by atoms with E-state index in [4.69, 9.17) is 10.8 Å². The van der Waals surface area contributed by atoms with Gasteiger partial charge in [-0.3, -0.25) is 0 Å². The lowest BCUT2D eigenvalue weighted by Crippen LogP contribution is -1.96. The molecular formula is C10H9N3O2. The fraction of sp³-hybridized carbons (Fsp3) is 0. The number of hydrogen-bond donors (Lipinski definition) is 2. The molecule has 2 rings (SSSR count). The van der Waals surface area contributed by atoms with Crippen LogP contribution in [0.5, 0.6) is 0 Å². The number of benzene rings is 1. The van der Waals surface area contributed by atoms with Gasteiger partial charge in [0.15, 0.2) is 0 Å². The molecule has 1 aromatic heterocycles. The van der Waals surface area contributed by atoms with Gasteiger partial charge in [0.25, 0.3) is 0 Å². The van der Waals surface area contributed by atoms with E-state index in [-0.39, 0.29) is 5.56 Å². The van der Waals surface area contributed by atoms with Crippen LogP contribution in [-0.4, -0.2) is 20.9 Å². The Labute approximate surface area is 85.8 Å². The van der Waals surface area contributed by atoms with E-state index in [2.05, 4.69) is 5.10 Å². The van der Waals surface area contributed by atoms with Crippen molar-refractivity contribution >= 4 is 11.7 Å². The molecule has 0 amide bonds. The number of anilines is 1. The third kappa shape index (κ3) is 1.80. The second-order valence-electron chi connectivity index (χ2n) is 3.07. The van der Waals surface area contributed by atoms with E-state index in [1.807, 2.05) is 0 Å². The standard InChI is InChI=1S/C10H9N3O2/c11-8-1-3-9(4-2-8)13-6-7(5-12-13)10(14)15/h1-6H,11H2,(H,14,15). The first-order valence-electron chi connectivity index (χ1n) is 4.31. The maximum atomic E-state index is 10.6. The predicted molar refractivity (Wildman–Crippen MR) is 54.9 cm³/mol. The molecule has 1 aromatic carbocycles. The highest BCUT2D eigenvalue weighted by Gasteiger charge is 2.06. The summed E-state index contributed by atoms with van der Waals surface area (Å²) in [5.74, 6) is -0.989. The Balaban J connectivity index is 2.37. The van der Waals surface area contributed by atoms with Crippen LogP contribution in [0.25, 0.3) is 5.69 Å². The molecule has 0 aliphatic heterocycles. The van der Waals surface area contributed by atoms with Crippen molar-refractivity contribution in [3.63, 3.8) is 0 Å². The van der Waals surface area contributed by atoms with Crippen molar-refractivity contribution in [2.24, 2.45) is 0 Å². The molecule has 0 saturated carbocycles. The molecule has 76 valence electrons. The number of carboxylic acids is 1. The average Bonchev–Trinajstić information content (AvgIpc) is 2.68. The highest BCUT2D eigenvalue weighted by molar-refractivity contribution is 5.86. The van der Waals surface area contributed by atoms with Crippen molar-refractivity contribution in [2.45, 2.75) is 0 Å². The molecule has 2 aromatic rings. The first-order valence-corrected chi connectivity index (χ1v) is 4.31. The number of aromatic carboxylic acids is 1. The number of rotatable bonds is 2. The van der Waals surface area contributed by atoms with Gasteiger partial charge in [-0.1, -0.05) is 0 Å². The second-order valence-corrected chi connectivity index (χ2v) is 3.07. The summed E-state index contributed by atoms with van der Waals surface area (Å²) in [6.07, 6.45) is 2.76. The fourth-order valence-corrected chi connectivity index (χ4v) is 1.20. The number of aromatic nitrogens is 2. The van der Waals surface area contributed by atoms with E-state index in [1.165, 1.54) is 17.1 Å². The SMILES string of the molecule is Nc1ccc(-n2cc(C(=O)O)cn2)cc1. The van der Waals surface area contributed by atoms with E-state index in [9.17, 15) is 4.79 Å². The van der Waals surface area contributed by atoms with Crippen LogP contribution in [0.15, 0.2) is 36.7 Å². The first-order chi connectivity index (χ1) is 7.16. The number of nitrogens with zero attached hydrogens (tertiary/aromatic N) is 2. The minimum Gasteiger partial charge on any atom is -0.478 e. The van der Waals surface area contributed by atoms with Crippen molar-refractivity contribution in [1.82, 2.24) is 9.78 Å². The van der Waals surface area contributed by atoms with E-state index >= 15 is 0 Å². The zero-order valence-corrected chi connectivity index (χ0v) is 7.79. The summed E-state index contributed by atoms with van der Waals surface area (Å²) in [5, 5.41) is 12.6. The van der Waals surface area contributed by atoms with Gasteiger partial charge in [-0.15, -0.1) is 0 Å². The monoisotopic (exact) mass is 203 g/mol. The van der Waals surface area contributed by atoms with Gasteiger partial charge in [-0.05, 0) is 24.3 Å². The molecule has 0 bridgehead atoms. The zero-order valence-electron chi connectivity index (χ0n) is 7.79. The van der Waals surface area contributed by atoms with Crippen molar-refractivity contribution in [1.29, 1.82) is 0 Å². The van der Waals surface area contributed by atoms with Crippen LogP contribution >= 0.6 is 0 Å². The third-order valence-corrected chi connectivity index (χ3v) is 1.99. The molecule has 0 aliphatic rings. The topological polar surface area (TPSA) is 81.1 Å². The predicted octanol–water partition coefficient (Wildman–Crippen LogP) is 1.15. The van der Waals surface area contributed by atoms with Crippen LogP contribution < -0.4 is 5.73 Å². The van der Waals surface area contributed by atoms with Crippen LogP contribution in [-0.2, 0) is 0 Å². The summed E-state index contributed by atoms with van der Waals surface area (Å²) >= 11 is 0. The molecule has 3 N–H and O–H groups in total. The summed E-state index contributed by atoms with van der Waals surface area (Å²) in [6, 6.07) is 7.01. The lowest BCUT2D eigenvalue weighted by molar-refractivity contribution is 0.0697. The zero-order chi connectivity index (χ0) is 10.8. The van der Waals surface area contributed by atoms with Crippen LogP contribution in [0.4, 0.5) is 5.69 Å². The summed E-state index contributed by atoms with van der Waals surface area (Å²) in [4.78, 5) is 10.6. The molecule has 5 nitrogen and oxygen atoms in total. The third-order valence-electron chi connectivity index (χ3n) is 1.99. The van der Waals surface area contributed by atoms with Crippen LogP contribution in [0.1, 0.15) is 10.4 Å². The Hall–Kier alpha value is -2.30. The van der Waals surface area contributed by atoms with Crippen LogP contribution in [0.3, 0.4) is 0 Å². The lowest BCUT2D eigenvalue weighted by atomic mass is 10.3. The summed E-state index contributed by atoms with van der Waals surface area (Å²) in [7, 11) is 0. The molecule has 0 atom stereocenters. The van der Waals surface area contributed by atoms with Gasteiger partial charge < -0.3 is 10.8 Å². The number of hydrogen-bond acceptors (Lipinski definition) is 3. The maximum absolute atomic E-state index is 10.6. The maximum Gasteiger partial charge on any atom is 0.338 e. The molecule has 5 heteroatoms. The molecule has 0 saturated heterocycles. The molecule has 0 radical (unpaired) electrons. The van der Waals surface area contributed by atoms with Crippen molar-refractivity contribution in [2.75, 3.05) is 5.73 Å². The molecule has 0 aliphatic carbocycles. The normalized spacial score (nSPS) is 10.1. The van der Waals surface area contributed by atoms with Gasteiger partial charge in [0.05, 0.1) is 17.4 Å². The minimum atomic E-state index is -0.989. The molecule has 15 heavy (non-hydrogen) atoms. The van der Waals surface area contributed by atoms with Crippen LogP contribution in [0, 0.1) is 0 Å². The van der Waals surface area contributed by atoms with Gasteiger partial charge >= 0.3 is 5.97 Å². The summed E-state index contributed by atoms with van der Waals surface area (Å²) in [6.45, 7) is 0. The first kappa shape index (κ1) is 9.26. The Morgan fingerprint density at radius 2 is 2.00 bits per heavy atom. The number of nitrogen functional groups attached to an aromatic ring is 1. The average molecular weight is 203 g/mol. The lowest BCUT2D eigenvalue weighted by Gasteiger charge is -2.00. The van der Waals surface area contributed by atoms with E-state index in [0.29, 0.717) is 5.69 Å². The minimum absolute atomic E-state index is 0.159. The molecule has 0 unspecified atom stereocenters. The molecule has 0 fully saturated rings. The number of carbonyl (C=O) groups is 1. The molecule has 0 spiro atoms. The largest absolute Gasteiger partial charge is 0.478 e. The van der Waals surface area contributed by atoms with Gasteiger partial charge in [0.1, 0.15) is 0 Å². The van der Waals surface area contributed by atoms with Crippen LogP contribution in [0.2, 0.25) is 0 Å². The Morgan fingerprint density at radius 1 is 1.33 bits per heavy atom. The van der Waals surface area contributed by atoms with Gasteiger partial charge in [-0.2, -0.15) is 5.10 Å². The summed E-state index contributed by atoms with van der Waals surface area (Å²) in [5.41, 5.74) is 7.13. The Morgan fingerprint density at radius 3 is 2.53 bits per heavy atom. The van der Waals surface area contributed by atoms with Gasteiger partial charge in [0, 0.05) is 11.9 Å². The van der Waals surface area contributed by atoms with Crippen molar-refractivity contribution in [3.8, 4) is 5.69 Å². The second kappa shape index (κ2) is 3.45. The Bertz CT molecular complexity index is 488. The summed E-state index contributed by atoms with van der Waals surface area (Å²) < 4.78 is 1.49. The van der Waals surface area contributed by atoms with Gasteiger partial charge in [0.2, 0.25) is 0 Å². The van der Waals surface area contributed by atoms with E-state index < -0.39 is 5.97 Å². The number of nitrogens with two attached hydrogens (primary N) is 1. The fourth-order valence-electron chi connectivity index (χ4n) is 1.20. The van der Waals surface area contributed by atoms with Gasteiger partial charge in [-0.25, -0.2) is 9.48 Å².